The summed E-state index contributed by atoms with van der Waals surface area (Å²) in [6.45, 7) is 2.74. The Hall–Kier alpha value is -2.46. The highest BCUT2D eigenvalue weighted by Gasteiger charge is 2.18. The molecule has 1 unspecified atom stereocenters. The molecule has 0 fully saturated rings. The van der Waals surface area contributed by atoms with Gasteiger partial charge in [0.15, 0.2) is 5.78 Å². The van der Waals surface area contributed by atoms with Crippen molar-refractivity contribution in [2.24, 2.45) is 0 Å². The van der Waals surface area contributed by atoms with E-state index in [1.165, 1.54) is 0 Å². The van der Waals surface area contributed by atoms with Crippen molar-refractivity contribution in [3.63, 3.8) is 0 Å². The van der Waals surface area contributed by atoms with Gasteiger partial charge in [0.05, 0.1) is 5.92 Å². The Bertz CT molecular complexity index is 667. The first-order chi connectivity index (χ1) is 11.1. The van der Waals surface area contributed by atoms with E-state index in [-0.39, 0.29) is 11.8 Å². The van der Waals surface area contributed by atoms with Gasteiger partial charge in [0.2, 0.25) is 0 Å². The number of benzene rings is 2. The molecule has 0 bridgehead atoms. The molecule has 0 amide bonds. The second kappa shape index (κ2) is 8.25. The molecule has 0 aliphatic heterocycles. The van der Waals surface area contributed by atoms with Gasteiger partial charge in [-0.15, -0.1) is 0 Å². The molecule has 2 aromatic carbocycles. The molecule has 4 nitrogen and oxygen atoms in total. The number of nitrogens with one attached hydrogen (secondary N) is 1. The van der Waals surface area contributed by atoms with E-state index in [0.29, 0.717) is 24.3 Å². The summed E-state index contributed by atoms with van der Waals surface area (Å²) in [5.74, 6) is -0.747. The van der Waals surface area contributed by atoms with Gasteiger partial charge in [0, 0.05) is 17.7 Å². The van der Waals surface area contributed by atoms with Crippen LogP contribution < -0.4 is 5.32 Å². The van der Waals surface area contributed by atoms with Crippen LogP contribution in [0, 0.1) is 0 Å². The first-order valence-electron chi connectivity index (χ1n) is 7.64. The highest BCUT2D eigenvalue weighted by Crippen LogP contribution is 2.20. The van der Waals surface area contributed by atoms with Gasteiger partial charge in [0.1, 0.15) is 6.61 Å². The summed E-state index contributed by atoms with van der Waals surface area (Å²) in [6, 6.07) is 16.3. The molecule has 0 radical (unpaired) electrons. The zero-order valence-electron chi connectivity index (χ0n) is 13.4. The lowest BCUT2D eigenvalue weighted by atomic mass is 9.96. The largest absolute Gasteiger partial charge is 0.464 e. The molecule has 23 heavy (non-hydrogen) atoms. The highest BCUT2D eigenvalue weighted by molar-refractivity contribution is 6.09. The Labute approximate surface area is 136 Å². The fourth-order valence-corrected chi connectivity index (χ4v) is 2.22. The summed E-state index contributed by atoms with van der Waals surface area (Å²) in [5, 5.41) is 2.92. The number of rotatable bonds is 7. The van der Waals surface area contributed by atoms with Gasteiger partial charge >= 0.3 is 5.97 Å². The van der Waals surface area contributed by atoms with Crippen LogP contribution in [0.5, 0.6) is 0 Å². The molecule has 0 heterocycles. The molecule has 1 atom stereocenters. The predicted molar refractivity (Wildman–Crippen MR) is 89.6 cm³/mol. The molecule has 0 saturated carbocycles. The van der Waals surface area contributed by atoms with Crippen molar-refractivity contribution >= 4 is 11.8 Å². The standard InChI is InChI=1S/C19H21NO3/c1-14(19(22)23-12-11-20-2)16-9-6-10-17(13-16)18(21)15-7-4-3-5-8-15/h3-10,13-14,20H,11-12H2,1-2H3. The van der Waals surface area contributed by atoms with Crippen molar-refractivity contribution in [1.82, 2.24) is 5.32 Å². The SMILES string of the molecule is CNCCOC(=O)C(C)c1cccc(C(=O)c2ccccc2)c1. The number of carbonyl (C=O) groups excluding carboxylic acids is 2. The molecular formula is C19H21NO3. The van der Waals surface area contributed by atoms with Gasteiger partial charge < -0.3 is 10.1 Å². The van der Waals surface area contributed by atoms with Crippen LogP contribution >= 0.6 is 0 Å². The van der Waals surface area contributed by atoms with Crippen molar-refractivity contribution in [1.29, 1.82) is 0 Å². The normalized spacial score (nSPS) is 11.7. The number of esters is 1. The Morgan fingerprint density at radius 1 is 1.04 bits per heavy atom. The van der Waals surface area contributed by atoms with E-state index >= 15 is 0 Å². The quantitative estimate of drug-likeness (QED) is 0.485. The van der Waals surface area contributed by atoms with Crippen molar-refractivity contribution in [3.8, 4) is 0 Å². The lowest BCUT2D eigenvalue weighted by molar-refractivity contribution is -0.144. The van der Waals surface area contributed by atoms with Crippen molar-refractivity contribution < 1.29 is 14.3 Å². The fourth-order valence-electron chi connectivity index (χ4n) is 2.22. The maximum absolute atomic E-state index is 12.5. The topological polar surface area (TPSA) is 55.4 Å². The van der Waals surface area contributed by atoms with Gasteiger partial charge in [-0.05, 0) is 25.6 Å². The Morgan fingerprint density at radius 3 is 2.43 bits per heavy atom. The number of hydrogen-bond acceptors (Lipinski definition) is 4. The zero-order valence-corrected chi connectivity index (χ0v) is 13.4. The summed E-state index contributed by atoms with van der Waals surface area (Å²) >= 11 is 0. The van der Waals surface area contributed by atoms with E-state index in [0.717, 1.165) is 5.56 Å². The first kappa shape index (κ1) is 16.9. The van der Waals surface area contributed by atoms with Crippen molar-refractivity contribution in [2.45, 2.75) is 12.8 Å². The first-order valence-corrected chi connectivity index (χ1v) is 7.64. The third-order valence-electron chi connectivity index (χ3n) is 3.63. The fraction of sp³-hybridized carbons (Fsp3) is 0.263. The molecule has 4 heteroatoms. The van der Waals surface area contributed by atoms with Crippen LogP contribution in [0.2, 0.25) is 0 Å². The number of ketones is 1. The molecule has 120 valence electrons. The molecule has 2 aromatic rings. The zero-order chi connectivity index (χ0) is 16.7. The number of ether oxygens (including phenoxy) is 1. The summed E-state index contributed by atoms with van der Waals surface area (Å²) in [6.07, 6.45) is 0. The van der Waals surface area contributed by atoms with Crippen LogP contribution in [-0.4, -0.2) is 32.0 Å². The van der Waals surface area contributed by atoms with Crippen molar-refractivity contribution in [2.75, 3.05) is 20.2 Å². The van der Waals surface area contributed by atoms with Crippen molar-refractivity contribution in [3.05, 3.63) is 71.3 Å². The molecule has 0 aromatic heterocycles. The van der Waals surface area contributed by atoms with E-state index in [1.807, 2.05) is 24.3 Å². The van der Waals surface area contributed by atoms with Crippen LogP contribution in [-0.2, 0) is 9.53 Å². The maximum atomic E-state index is 12.5. The van der Waals surface area contributed by atoms with Gasteiger partial charge in [-0.25, -0.2) is 0 Å². The maximum Gasteiger partial charge on any atom is 0.313 e. The molecule has 0 aliphatic rings. The van der Waals surface area contributed by atoms with Crippen LogP contribution in [0.4, 0.5) is 0 Å². The van der Waals surface area contributed by atoms with Crippen LogP contribution in [0.3, 0.4) is 0 Å². The highest BCUT2D eigenvalue weighted by atomic mass is 16.5. The van der Waals surface area contributed by atoms with Crippen LogP contribution in [0.25, 0.3) is 0 Å². The predicted octanol–water partition coefficient (Wildman–Crippen LogP) is 2.78. The molecule has 2 rings (SSSR count). The molecular weight excluding hydrogens is 290 g/mol. The number of likely N-dealkylation sites (N-methyl/N-ethyl adjacent to an activating group) is 1. The smallest absolute Gasteiger partial charge is 0.313 e. The minimum Gasteiger partial charge on any atom is -0.464 e. The minimum atomic E-state index is -0.407. The summed E-state index contributed by atoms with van der Waals surface area (Å²) in [5.41, 5.74) is 1.98. The second-order valence-electron chi connectivity index (χ2n) is 5.31. The lowest BCUT2D eigenvalue weighted by Crippen LogP contribution is -2.20. The average Bonchev–Trinajstić information content (AvgIpc) is 2.61. The van der Waals surface area contributed by atoms with Gasteiger partial charge in [-0.1, -0.05) is 48.5 Å². The van der Waals surface area contributed by atoms with Gasteiger partial charge in [-0.3, -0.25) is 9.59 Å². The van der Waals surface area contributed by atoms with Crippen LogP contribution in [0.15, 0.2) is 54.6 Å². The minimum absolute atomic E-state index is 0.0526. The molecule has 0 spiro atoms. The number of hydrogen-bond donors (Lipinski definition) is 1. The lowest BCUT2D eigenvalue weighted by Gasteiger charge is -2.13. The second-order valence-corrected chi connectivity index (χ2v) is 5.31. The average molecular weight is 311 g/mol. The molecule has 1 N–H and O–H groups in total. The summed E-state index contributed by atoms with van der Waals surface area (Å²) < 4.78 is 5.20. The third-order valence-corrected chi connectivity index (χ3v) is 3.63. The summed E-state index contributed by atoms with van der Waals surface area (Å²) in [4.78, 5) is 24.5. The Balaban J connectivity index is 2.13. The monoisotopic (exact) mass is 311 g/mol. The molecule has 0 aliphatic carbocycles. The van der Waals surface area contributed by atoms with E-state index in [4.69, 9.17) is 4.74 Å². The number of carbonyl (C=O) groups is 2. The van der Waals surface area contributed by atoms with Gasteiger partial charge in [0.25, 0.3) is 0 Å². The van der Waals surface area contributed by atoms with Crippen LogP contribution in [0.1, 0.15) is 34.3 Å². The van der Waals surface area contributed by atoms with E-state index in [9.17, 15) is 9.59 Å². The third kappa shape index (κ3) is 4.50. The van der Waals surface area contributed by atoms with Gasteiger partial charge in [-0.2, -0.15) is 0 Å². The van der Waals surface area contributed by atoms with E-state index < -0.39 is 5.92 Å². The molecule has 0 saturated heterocycles. The Kier molecular flexibility index (Phi) is 6.06. The summed E-state index contributed by atoms with van der Waals surface area (Å²) in [7, 11) is 1.80. The van der Waals surface area contributed by atoms with E-state index in [1.54, 1.807) is 44.3 Å². The Morgan fingerprint density at radius 2 is 1.74 bits per heavy atom. The van der Waals surface area contributed by atoms with E-state index in [2.05, 4.69) is 5.32 Å².